The Labute approximate surface area is 103 Å². The van der Waals surface area contributed by atoms with Gasteiger partial charge >= 0.3 is 0 Å². The summed E-state index contributed by atoms with van der Waals surface area (Å²) in [4.78, 5) is 0. The SMILES string of the molecule is CCOc1ccc(/C=N/N(C)C)c(OCC)c1. The summed E-state index contributed by atoms with van der Waals surface area (Å²) in [5, 5.41) is 5.94. The molecule has 0 bridgehead atoms. The van der Waals surface area contributed by atoms with Crippen molar-refractivity contribution in [3.63, 3.8) is 0 Å². The maximum Gasteiger partial charge on any atom is 0.131 e. The van der Waals surface area contributed by atoms with Gasteiger partial charge in [0.1, 0.15) is 11.5 Å². The van der Waals surface area contributed by atoms with Crippen LogP contribution in [-0.2, 0) is 0 Å². The summed E-state index contributed by atoms with van der Waals surface area (Å²) in [5.74, 6) is 1.61. The van der Waals surface area contributed by atoms with Crippen LogP contribution < -0.4 is 9.47 Å². The van der Waals surface area contributed by atoms with Crippen molar-refractivity contribution < 1.29 is 9.47 Å². The first-order valence-corrected chi connectivity index (χ1v) is 5.78. The van der Waals surface area contributed by atoms with Crippen LogP contribution in [0.25, 0.3) is 0 Å². The Bertz CT molecular complexity index is 376. The van der Waals surface area contributed by atoms with E-state index in [9.17, 15) is 0 Å². The molecule has 0 aliphatic carbocycles. The zero-order valence-electron chi connectivity index (χ0n) is 10.9. The number of benzene rings is 1. The molecule has 1 aromatic carbocycles. The molecule has 0 aromatic heterocycles. The fourth-order valence-corrected chi connectivity index (χ4v) is 1.34. The lowest BCUT2D eigenvalue weighted by Gasteiger charge is -2.10. The minimum Gasteiger partial charge on any atom is -0.494 e. The van der Waals surface area contributed by atoms with Crippen molar-refractivity contribution in [1.29, 1.82) is 0 Å². The van der Waals surface area contributed by atoms with Crippen LogP contribution >= 0.6 is 0 Å². The van der Waals surface area contributed by atoms with Crippen LogP contribution in [0.5, 0.6) is 11.5 Å². The van der Waals surface area contributed by atoms with Gasteiger partial charge in [0.15, 0.2) is 0 Å². The van der Waals surface area contributed by atoms with Gasteiger partial charge in [-0.15, -0.1) is 0 Å². The lowest BCUT2D eigenvalue weighted by atomic mass is 10.2. The van der Waals surface area contributed by atoms with Crippen molar-refractivity contribution in [3.8, 4) is 11.5 Å². The molecule has 1 aromatic rings. The van der Waals surface area contributed by atoms with Crippen LogP contribution in [0.3, 0.4) is 0 Å². The van der Waals surface area contributed by atoms with Crippen molar-refractivity contribution in [3.05, 3.63) is 23.8 Å². The second-order valence-electron chi connectivity index (χ2n) is 3.66. The fraction of sp³-hybridized carbons (Fsp3) is 0.462. The molecular weight excluding hydrogens is 216 g/mol. The van der Waals surface area contributed by atoms with E-state index in [4.69, 9.17) is 9.47 Å². The Kier molecular flexibility index (Phi) is 5.33. The molecular formula is C13H20N2O2. The van der Waals surface area contributed by atoms with Gasteiger partial charge in [0.05, 0.1) is 19.4 Å². The van der Waals surface area contributed by atoms with Crippen LogP contribution in [0.4, 0.5) is 0 Å². The van der Waals surface area contributed by atoms with Gasteiger partial charge in [-0.25, -0.2) is 0 Å². The van der Waals surface area contributed by atoms with Gasteiger partial charge < -0.3 is 14.5 Å². The van der Waals surface area contributed by atoms with E-state index in [0.29, 0.717) is 13.2 Å². The van der Waals surface area contributed by atoms with E-state index in [2.05, 4.69) is 5.10 Å². The summed E-state index contributed by atoms with van der Waals surface area (Å²) < 4.78 is 11.0. The van der Waals surface area contributed by atoms with E-state index in [-0.39, 0.29) is 0 Å². The topological polar surface area (TPSA) is 34.1 Å². The highest BCUT2D eigenvalue weighted by Gasteiger charge is 2.03. The molecule has 0 aliphatic rings. The van der Waals surface area contributed by atoms with Gasteiger partial charge in [0.25, 0.3) is 0 Å². The van der Waals surface area contributed by atoms with Crippen LogP contribution in [0.1, 0.15) is 19.4 Å². The number of hydrazone groups is 1. The number of rotatable bonds is 6. The van der Waals surface area contributed by atoms with Crippen LogP contribution in [0, 0.1) is 0 Å². The Hall–Kier alpha value is -1.71. The van der Waals surface area contributed by atoms with Crippen molar-refractivity contribution >= 4 is 6.21 Å². The van der Waals surface area contributed by atoms with Crippen molar-refractivity contribution in [1.82, 2.24) is 5.01 Å². The molecule has 0 atom stereocenters. The number of ether oxygens (including phenoxy) is 2. The van der Waals surface area contributed by atoms with Crippen LogP contribution in [-0.4, -0.2) is 38.5 Å². The lowest BCUT2D eigenvalue weighted by molar-refractivity contribution is 0.323. The molecule has 0 N–H and O–H groups in total. The molecule has 17 heavy (non-hydrogen) atoms. The molecule has 0 saturated heterocycles. The average molecular weight is 236 g/mol. The van der Waals surface area contributed by atoms with Crippen molar-refractivity contribution in [2.24, 2.45) is 5.10 Å². The molecule has 0 fully saturated rings. The second kappa shape index (κ2) is 6.78. The highest BCUT2D eigenvalue weighted by atomic mass is 16.5. The molecule has 0 heterocycles. The average Bonchev–Trinajstić information content (AvgIpc) is 2.28. The largest absolute Gasteiger partial charge is 0.494 e. The molecule has 1 rings (SSSR count). The predicted molar refractivity (Wildman–Crippen MR) is 70.1 cm³/mol. The van der Waals surface area contributed by atoms with Crippen molar-refractivity contribution in [2.75, 3.05) is 27.3 Å². The molecule has 4 nitrogen and oxygen atoms in total. The van der Waals surface area contributed by atoms with Crippen LogP contribution in [0.15, 0.2) is 23.3 Å². The lowest BCUT2D eigenvalue weighted by Crippen LogP contribution is -2.03. The monoisotopic (exact) mass is 236 g/mol. The van der Waals surface area contributed by atoms with Gasteiger partial charge in [0.2, 0.25) is 0 Å². The molecule has 0 unspecified atom stereocenters. The number of hydrogen-bond donors (Lipinski definition) is 0. The standard InChI is InChI=1S/C13H20N2O2/c1-5-16-12-8-7-11(10-14-15(3)4)13(9-12)17-6-2/h7-10H,5-6H2,1-4H3/b14-10+. The molecule has 0 saturated carbocycles. The Morgan fingerprint density at radius 1 is 1.18 bits per heavy atom. The van der Waals surface area contributed by atoms with E-state index >= 15 is 0 Å². The molecule has 0 aliphatic heterocycles. The summed E-state index contributed by atoms with van der Waals surface area (Å²) in [6, 6.07) is 5.76. The van der Waals surface area contributed by atoms with Crippen LogP contribution in [0.2, 0.25) is 0 Å². The highest BCUT2D eigenvalue weighted by molar-refractivity contribution is 5.83. The Morgan fingerprint density at radius 2 is 1.88 bits per heavy atom. The van der Waals surface area contributed by atoms with Gasteiger partial charge in [-0.3, -0.25) is 0 Å². The van der Waals surface area contributed by atoms with Gasteiger partial charge in [-0.2, -0.15) is 5.10 Å². The first-order valence-electron chi connectivity index (χ1n) is 5.78. The normalized spacial score (nSPS) is 10.6. The summed E-state index contributed by atoms with van der Waals surface area (Å²) in [7, 11) is 3.76. The molecule has 0 radical (unpaired) electrons. The Balaban J connectivity index is 2.95. The van der Waals surface area contributed by atoms with Gasteiger partial charge in [-0.05, 0) is 26.0 Å². The first kappa shape index (κ1) is 13.4. The zero-order valence-corrected chi connectivity index (χ0v) is 10.9. The third-order valence-electron chi connectivity index (χ3n) is 2.02. The maximum atomic E-state index is 5.57. The maximum absolute atomic E-state index is 5.57. The quantitative estimate of drug-likeness (QED) is 0.562. The number of hydrogen-bond acceptors (Lipinski definition) is 4. The van der Waals surface area contributed by atoms with E-state index in [1.807, 2.05) is 46.1 Å². The number of nitrogens with zero attached hydrogens (tertiary/aromatic N) is 2. The van der Waals surface area contributed by atoms with E-state index in [1.165, 1.54) is 0 Å². The molecule has 4 heteroatoms. The minimum absolute atomic E-state index is 0.623. The smallest absolute Gasteiger partial charge is 0.131 e. The molecule has 94 valence electrons. The van der Waals surface area contributed by atoms with Crippen molar-refractivity contribution in [2.45, 2.75) is 13.8 Å². The summed E-state index contributed by atoms with van der Waals surface area (Å²) in [6.07, 6.45) is 1.78. The first-order chi connectivity index (χ1) is 8.17. The van der Waals surface area contributed by atoms with E-state index in [1.54, 1.807) is 11.2 Å². The predicted octanol–water partition coefficient (Wildman–Crippen LogP) is 2.38. The third-order valence-corrected chi connectivity index (χ3v) is 2.02. The third kappa shape index (κ3) is 4.34. The van der Waals surface area contributed by atoms with Gasteiger partial charge in [-0.1, -0.05) is 0 Å². The fourth-order valence-electron chi connectivity index (χ4n) is 1.34. The zero-order chi connectivity index (χ0) is 12.7. The Morgan fingerprint density at radius 3 is 2.47 bits per heavy atom. The van der Waals surface area contributed by atoms with E-state index < -0.39 is 0 Å². The highest BCUT2D eigenvalue weighted by Crippen LogP contribution is 2.24. The molecule has 0 amide bonds. The summed E-state index contributed by atoms with van der Waals surface area (Å²) in [6.45, 7) is 5.19. The molecule has 0 spiro atoms. The summed E-state index contributed by atoms with van der Waals surface area (Å²) in [5.41, 5.74) is 0.948. The van der Waals surface area contributed by atoms with E-state index in [0.717, 1.165) is 17.1 Å². The second-order valence-corrected chi connectivity index (χ2v) is 3.66. The van der Waals surface area contributed by atoms with Gasteiger partial charge in [0, 0.05) is 25.7 Å². The summed E-state index contributed by atoms with van der Waals surface area (Å²) >= 11 is 0. The minimum atomic E-state index is 0.623.